The zero-order valence-corrected chi connectivity index (χ0v) is 11.6. The Kier molecular flexibility index (Phi) is 4.80. The van der Waals surface area contributed by atoms with Gasteiger partial charge in [0.2, 0.25) is 0 Å². The second-order valence-corrected chi connectivity index (χ2v) is 6.84. The largest absolute Gasteiger partial charge is 0.316 e. The van der Waals surface area contributed by atoms with Crippen molar-refractivity contribution in [2.45, 2.75) is 38.0 Å². The molecular weight excluding hydrogens is 220 g/mol. The first-order valence-electron chi connectivity index (χ1n) is 5.57. The Labute approximate surface area is 102 Å². The van der Waals surface area contributed by atoms with E-state index in [0.29, 0.717) is 10.8 Å². The number of nitrogens with one attached hydrogen (secondary N) is 1. The molecule has 0 saturated heterocycles. The highest BCUT2D eigenvalue weighted by Gasteiger charge is 2.15. The summed E-state index contributed by atoms with van der Waals surface area (Å²) in [4.78, 5) is 0. The predicted molar refractivity (Wildman–Crippen MR) is 69.8 cm³/mol. The topological polar surface area (TPSA) is 42.7 Å². The van der Waals surface area contributed by atoms with Crippen molar-refractivity contribution < 1.29 is 0 Å². The van der Waals surface area contributed by atoms with Crippen LogP contribution in [-0.2, 0) is 13.5 Å². The Morgan fingerprint density at radius 2 is 2.19 bits per heavy atom. The van der Waals surface area contributed by atoms with E-state index in [9.17, 15) is 0 Å². The van der Waals surface area contributed by atoms with Gasteiger partial charge in [-0.3, -0.25) is 4.68 Å². The molecule has 0 fully saturated rings. The van der Waals surface area contributed by atoms with Crippen LogP contribution >= 0.6 is 11.8 Å². The van der Waals surface area contributed by atoms with E-state index in [1.165, 1.54) is 0 Å². The van der Waals surface area contributed by atoms with Crippen LogP contribution in [0.3, 0.4) is 0 Å². The minimum atomic E-state index is 0.317. The lowest BCUT2D eigenvalue weighted by Gasteiger charge is -2.22. The fourth-order valence-corrected chi connectivity index (χ4v) is 2.32. The molecule has 92 valence electrons. The molecule has 0 amide bonds. The van der Waals surface area contributed by atoms with E-state index in [4.69, 9.17) is 0 Å². The smallest absolute Gasteiger partial charge is 0.0842 e. The van der Waals surface area contributed by atoms with Gasteiger partial charge in [0.05, 0.1) is 5.69 Å². The molecule has 16 heavy (non-hydrogen) atoms. The maximum absolute atomic E-state index is 4.11. The first-order valence-corrected chi connectivity index (χ1v) is 6.55. The van der Waals surface area contributed by atoms with Crippen molar-refractivity contribution in [3.8, 4) is 0 Å². The average Bonchev–Trinajstić information content (AvgIpc) is 2.57. The number of likely N-dealkylation sites (N-methyl/N-ethyl adjacent to an activating group) is 1. The fourth-order valence-electron chi connectivity index (χ4n) is 1.34. The van der Waals surface area contributed by atoms with Crippen molar-refractivity contribution in [3.05, 3.63) is 11.9 Å². The minimum Gasteiger partial charge on any atom is -0.316 e. The predicted octanol–water partition coefficient (Wildman–Crippen LogP) is 1.48. The Balaban J connectivity index is 2.43. The molecule has 0 aromatic carbocycles. The zero-order valence-electron chi connectivity index (χ0n) is 10.8. The molecule has 1 aromatic heterocycles. The van der Waals surface area contributed by atoms with Gasteiger partial charge in [0.1, 0.15) is 0 Å². The van der Waals surface area contributed by atoms with Crippen LogP contribution < -0.4 is 5.32 Å². The summed E-state index contributed by atoms with van der Waals surface area (Å²) in [6.07, 6.45) is 2.92. The second-order valence-electron chi connectivity index (χ2n) is 5.00. The first kappa shape index (κ1) is 13.5. The maximum atomic E-state index is 4.11. The second kappa shape index (κ2) is 5.68. The third-order valence-corrected chi connectivity index (χ3v) is 3.67. The van der Waals surface area contributed by atoms with Crippen LogP contribution in [0.2, 0.25) is 0 Å². The van der Waals surface area contributed by atoms with Gasteiger partial charge in [-0.2, -0.15) is 11.8 Å². The summed E-state index contributed by atoms with van der Waals surface area (Å²) in [6, 6.07) is 0.459. The summed E-state index contributed by atoms with van der Waals surface area (Å²) in [5.41, 5.74) is 1.05. The van der Waals surface area contributed by atoms with Crippen molar-refractivity contribution in [1.82, 2.24) is 20.3 Å². The van der Waals surface area contributed by atoms with E-state index < -0.39 is 0 Å². The molecule has 4 nitrogen and oxygen atoms in total. The lowest BCUT2D eigenvalue weighted by Crippen LogP contribution is -2.31. The molecule has 0 aliphatic carbocycles. The number of hydrogen-bond donors (Lipinski definition) is 1. The van der Waals surface area contributed by atoms with Crippen LogP contribution in [0.1, 0.15) is 26.5 Å². The maximum Gasteiger partial charge on any atom is 0.0842 e. The number of thioether (sulfide) groups is 1. The highest BCUT2D eigenvalue weighted by Crippen LogP contribution is 2.24. The van der Waals surface area contributed by atoms with Crippen molar-refractivity contribution in [3.63, 3.8) is 0 Å². The van der Waals surface area contributed by atoms with Crippen LogP contribution in [0.5, 0.6) is 0 Å². The summed E-state index contributed by atoms with van der Waals surface area (Å²) in [5.74, 6) is 1.09. The van der Waals surface area contributed by atoms with Gasteiger partial charge in [-0.1, -0.05) is 26.0 Å². The monoisotopic (exact) mass is 242 g/mol. The first-order chi connectivity index (χ1) is 7.40. The van der Waals surface area contributed by atoms with Gasteiger partial charge >= 0.3 is 0 Å². The molecule has 5 heteroatoms. The fraction of sp³-hybridized carbons (Fsp3) is 0.818. The minimum absolute atomic E-state index is 0.317. The molecular formula is C11H22N4S. The number of nitrogens with zero attached hydrogens (tertiary/aromatic N) is 3. The van der Waals surface area contributed by atoms with Crippen LogP contribution in [0.4, 0.5) is 0 Å². The van der Waals surface area contributed by atoms with Gasteiger partial charge in [-0.15, -0.1) is 5.10 Å². The van der Waals surface area contributed by atoms with Crippen molar-refractivity contribution in [1.29, 1.82) is 0 Å². The Hall–Kier alpha value is -0.550. The third-order valence-electron chi connectivity index (χ3n) is 2.23. The van der Waals surface area contributed by atoms with Gasteiger partial charge in [-0.05, 0) is 7.05 Å². The molecule has 0 aliphatic heterocycles. The van der Waals surface area contributed by atoms with Gasteiger partial charge < -0.3 is 5.32 Å². The van der Waals surface area contributed by atoms with Crippen molar-refractivity contribution in [2.24, 2.45) is 7.05 Å². The summed E-state index contributed by atoms with van der Waals surface area (Å²) in [7, 11) is 3.90. The van der Waals surface area contributed by atoms with E-state index in [0.717, 1.165) is 17.9 Å². The molecule has 0 radical (unpaired) electrons. The molecule has 1 atom stereocenters. The summed E-state index contributed by atoms with van der Waals surface area (Å²) in [6.45, 7) is 6.73. The Morgan fingerprint density at radius 3 is 2.62 bits per heavy atom. The number of aromatic nitrogens is 3. The molecule has 0 saturated carbocycles. The van der Waals surface area contributed by atoms with E-state index in [-0.39, 0.29) is 0 Å². The van der Waals surface area contributed by atoms with Gasteiger partial charge in [0.15, 0.2) is 0 Å². The highest BCUT2D eigenvalue weighted by molar-refractivity contribution is 8.00. The molecule has 1 aromatic rings. The number of aryl methyl sites for hydroxylation is 1. The number of rotatable bonds is 5. The lowest BCUT2D eigenvalue weighted by atomic mass is 10.2. The molecule has 0 spiro atoms. The van der Waals surface area contributed by atoms with Gasteiger partial charge in [-0.25, -0.2) is 0 Å². The summed E-state index contributed by atoms with van der Waals surface area (Å²) in [5, 5.41) is 11.4. The summed E-state index contributed by atoms with van der Waals surface area (Å²) >= 11 is 1.97. The van der Waals surface area contributed by atoms with E-state index in [1.54, 1.807) is 4.68 Å². The van der Waals surface area contributed by atoms with Gasteiger partial charge in [0, 0.05) is 36.2 Å². The lowest BCUT2D eigenvalue weighted by molar-refractivity contribution is 0.604. The molecule has 1 rings (SSSR count). The zero-order chi connectivity index (χ0) is 12.2. The quantitative estimate of drug-likeness (QED) is 0.849. The highest BCUT2D eigenvalue weighted by atomic mass is 32.2. The van der Waals surface area contributed by atoms with Crippen LogP contribution in [0.15, 0.2) is 6.20 Å². The Morgan fingerprint density at radius 1 is 1.50 bits per heavy atom. The normalized spacial score (nSPS) is 14.1. The average molecular weight is 242 g/mol. The molecule has 0 bridgehead atoms. The van der Waals surface area contributed by atoms with E-state index in [2.05, 4.69) is 36.4 Å². The SMILES string of the molecule is CNC(CSC(C)(C)C)Cc1cn(C)nn1. The molecule has 1 N–H and O–H groups in total. The standard InChI is InChI=1S/C11H22N4S/c1-11(2,3)16-8-10(12-4)6-9-7-15(5)14-13-9/h7,10,12H,6,8H2,1-5H3. The van der Waals surface area contributed by atoms with Gasteiger partial charge in [0.25, 0.3) is 0 Å². The van der Waals surface area contributed by atoms with Crippen LogP contribution in [0.25, 0.3) is 0 Å². The Bertz CT molecular complexity index is 316. The van der Waals surface area contributed by atoms with Crippen LogP contribution in [0, 0.1) is 0 Å². The number of hydrogen-bond acceptors (Lipinski definition) is 4. The van der Waals surface area contributed by atoms with E-state index >= 15 is 0 Å². The van der Waals surface area contributed by atoms with Crippen molar-refractivity contribution in [2.75, 3.05) is 12.8 Å². The molecule has 1 unspecified atom stereocenters. The third kappa shape index (κ3) is 4.99. The van der Waals surface area contributed by atoms with Crippen LogP contribution in [-0.4, -0.2) is 38.6 Å². The molecule has 0 aliphatic rings. The van der Waals surface area contributed by atoms with Crippen molar-refractivity contribution >= 4 is 11.8 Å². The van der Waals surface area contributed by atoms with E-state index in [1.807, 2.05) is 32.1 Å². The molecule has 1 heterocycles. The summed E-state index contributed by atoms with van der Waals surface area (Å²) < 4.78 is 2.07.